The summed E-state index contributed by atoms with van der Waals surface area (Å²) in [4.78, 5) is 15.7. The zero-order valence-electron chi connectivity index (χ0n) is 9.36. The SMILES string of the molecule is Cc1nc(Sc2ccc(C=O)cc2Cl)oc1C. The average molecular weight is 268 g/mol. The topological polar surface area (TPSA) is 43.1 Å². The van der Waals surface area contributed by atoms with Gasteiger partial charge in [-0.05, 0) is 37.7 Å². The molecule has 5 heteroatoms. The highest BCUT2D eigenvalue weighted by Crippen LogP contribution is 2.33. The molecular weight excluding hydrogens is 258 g/mol. The predicted octanol–water partition coefficient (Wildman–Crippen LogP) is 3.91. The summed E-state index contributed by atoms with van der Waals surface area (Å²) in [6.45, 7) is 3.75. The molecule has 88 valence electrons. The maximum atomic E-state index is 10.6. The van der Waals surface area contributed by atoms with Gasteiger partial charge in [0.25, 0.3) is 5.22 Å². The van der Waals surface area contributed by atoms with Crippen molar-refractivity contribution in [1.82, 2.24) is 4.98 Å². The number of aromatic nitrogens is 1. The lowest BCUT2D eigenvalue weighted by atomic mass is 10.2. The second kappa shape index (κ2) is 4.94. The van der Waals surface area contributed by atoms with Crippen molar-refractivity contribution in [3.05, 3.63) is 40.2 Å². The maximum absolute atomic E-state index is 10.6. The van der Waals surface area contributed by atoms with Gasteiger partial charge in [0.1, 0.15) is 12.0 Å². The molecule has 1 aromatic heterocycles. The number of aryl methyl sites for hydroxylation is 2. The Hall–Kier alpha value is -1.26. The third kappa shape index (κ3) is 2.70. The van der Waals surface area contributed by atoms with Crippen molar-refractivity contribution >= 4 is 29.6 Å². The van der Waals surface area contributed by atoms with Gasteiger partial charge in [0.15, 0.2) is 0 Å². The third-order valence-corrected chi connectivity index (χ3v) is 3.65. The molecule has 0 saturated carbocycles. The van der Waals surface area contributed by atoms with Crippen molar-refractivity contribution in [2.24, 2.45) is 0 Å². The van der Waals surface area contributed by atoms with E-state index < -0.39 is 0 Å². The summed E-state index contributed by atoms with van der Waals surface area (Å²) in [6.07, 6.45) is 0.764. The fourth-order valence-electron chi connectivity index (χ4n) is 1.25. The van der Waals surface area contributed by atoms with E-state index in [1.807, 2.05) is 13.8 Å². The van der Waals surface area contributed by atoms with Crippen molar-refractivity contribution in [2.75, 3.05) is 0 Å². The van der Waals surface area contributed by atoms with Crippen LogP contribution in [0.4, 0.5) is 0 Å². The van der Waals surface area contributed by atoms with Gasteiger partial charge in [0, 0.05) is 10.5 Å². The van der Waals surface area contributed by atoms with Gasteiger partial charge < -0.3 is 4.42 Å². The monoisotopic (exact) mass is 267 g/mol. The zero-order chi connectivity index (χ0) is 12.4. The molecular formula is C12H10ClNO2S. The minimum absolute atomic E-state index is 0.521. The Balaban J connectivity index is 2.27. The standard InChI is InChI=1S/C12H10ClNO2S/c1-7-8(2)16-12(14-7)17-11-4-3-9(6-15)5-10(11)13/h3-6H,1-2H3. The number of carbonyl (C=O) groups excluding carboxylic acids is 1. The van der Waals surface area contributed by atoms with E-state index in [1.54, 1.807) is 18.2 Å². The van der Waals surface area contributed by atoms with Crippen LogP contribution in [-0.4, -0.2) is 11.3 Å². The van der Waals surface area contributed by atoms with E-state index in [2.05, 4.69) is 4.98 Å². The highest BCUT2D eigenvalue weighted by atomic mass is 35.5. The van der Waals surface area contributed by atoms with Gasteiger partial charge in [-0.15, -0.1) is 0 Å². The number of benzene rings is 1. The summed E-state index contributed by atoms with van der Waals surface area (Å²) in [5.41, 5.74) is 1.42. The summed E-state index contributed by atoms with van der Waals surface area (Å²) in [5, 5.41) is 1.08. The molecule has 3 nitrogen and oxygen atoms in total. The van der Waals surface area contributed by atoms with Gasteiger partial charge in [-0.3, -0.25) is 4.79 Å². The predicted molar refractivity (Wildman–Crippen MR) is 66.9 cm³/mol. The van der Waals surface area contributed by atoms with Gasteiger partial charge in [-0.1, -0.05) is 17.7 Å². The van der Waals surface area contributed by atoms with Crippen LogP contribution in [0.3, 0.4) is 0 Å². The van der Waals surface area contributed by atoms with Gasteiger partial charge in [0.05, 0.1) is 10.7 Å². The molecule has 0 bridgehead atoms. The van der Waals surface area contributed by atoms with E-state index in [0.717, 1.165) is 22.6 Å². The van der Waals surface area contributed by atoms with Crippen LogP contribution in [0.15, 0.2) is 32.7 Å². The third-order valence-electron chi connectivity index (χ3n) is 2.30. The number of aldehydes is 1. The summed E-state index contributed by atoms with van der Waals surface area (Å²) >= 11 is 7.40. The molecule has 0 saturated heterocycles. The summed E-state index contributed by atoms with van der Waals surface area (Å²) < 4.78 is 5.45. The summed E-state index contributed by atoms with van der Waals surface area (Å²) in [7, 11) is 0. The van der Waals surface area contributed by atoms with E-state index in [-0.39, 0.29) is 0 Å². The Kier molecular flexibility index (Phi) is 3.54. The van der Waals surface area contributed by atoms with E-state index >= 15 is 0 Å². The highest BCUT2D eigenvalue weighted by Gasteiger charge is 2.10. The summed E-state index contributed by atoms with van der Waals surface area (Å²) in [5.74, 6) is 0.799. The first kappa shape index (κ1) is 12.2. The lowest BCUT2D eigenvalue weighted by Crippen LogP contribution is -1.81. The van der Waals surface area contributed by atoms with Crippen LogP contribution in [-0.2, 0) is 0 Å². The molecule has 1 heterocycles. The summed E-state index contributed by atoms with van der Waals surface area (Å²) in [6, 6.07) is 5.12. The minimum Gasteiger partial charge on any atom is -0.436 e. The van der Waals surface area contributed by atoms with Crippen molar-refractivity contribution < 1.29 is 9.21 Å². The Labute approximate surface area is 108 Å². The van der Waals surface area contributed by atoms with Crippen LogP contribution in [0, 0.1) is 13.8 Å². The number of rotatable bonds is 3. The molecule has 0 unspecified atom stereocenters. The normalized spacial score (nSPS) is 10.5. The second-order valence-electron chi connectivity index (χ2n) is 3.53. The molecule has 0 radical (unpaired) electrons. The zero-order valence-corrected chi connectivity index (χ0v) is 10.9. The first-order valence-corrected chi connectivity index (χ1v) is 6.16. The molecule has 1 aromatic carbocycles. The minimum atomic E-state index is 0.521. The van der Waals surface area contributed by atoms with Crippen molar-refractivity contribution in [1.29, 1.82) is 0 Å². The molecule has 0 amide bonds. The molecule has 0 atom stereocenters. The number of oxazole rings is 1. The van der Waals surface area contributed by atoms with Crippen molar-refractivity contribution in [3.63, 3.8) is 0 Å². The second-order valence-corrected chi connectivity index (χ2v) is 4.93. The number of hydrogen-bond donors (Lipinski definition) is 0. The largest absolute Gasteiger partial charge is 0.436 e. The molecule has 0 aliphatic rings. The van der Waals surface area contributed by atoms with Crippen LogP contribution in [0.2, 0.25) is 5.02 Å². The molecule has 0 aliphatic carbocycles. The highest BCUT2D eigenvalue weighted by molar-refractivity contribution is 7.99. The van der Waals surface area contributed by atoms with E-state index in [9.17, 15) is 4.79 Å². The van der Waals surface area contributed by atoms with Crippen LogP contribution >= 0.6 is 23.4 Å². The Morgan fingerprint density at radius 2 is 2.18 bits per heavy atom. The quantitative estimate of drug-likeness (QED) is 0.791. The molecule has 0 N–H and O–H groups in total. The fourth-order valence-corrected chi connectivity index (χ4v) is 2.39. The van der Waals surface area contributed by atoms with Crippen molar-refractivity contribution in [3.8, 4) is 0 Å². The smallest absolute Gasteiger partial charge is 0.261 e. The van der Waals surface area contributed by atoms with Crippen molar-refractivity contribution in [2.45, 2.75) is 24.0 Å². The number of carbonyl (C=O) groups is 1. The van der Waals surface area contributed by atoms with Crippen LogP contribution in [0.25, 0.3) is 0 Å². The maximum Gasteiger partial charge on any atom is 0.261 e. The lowest BCUT2D eigenvalue weighted by molar-refractivity contribution is 0.112. The lowest BCUT2D eigenvalue weighted by Gasteiger charge is -2.00. The Morgan fingerprint density at radius 3 is 2.71 bits per heavy atom. The average Bonchev–Trinajstić information content (AvgIpc) is 2.61. The molecule has 2 rings (SSSR count). The van der Waals surface area contributed by atoms with Gasteiger partial charge in [-0.2, -0.15) is 0 Å². The van der Waals surface area contributed by atoms with Crippen LogP contribution in [0.5, 0.6) is 0 Å². The number of halogens is 1. The van der Waals surface area contributed by atoms with Gasteiger partial charge in [-0.25, -0.2) is 4.98 Å². The van der Waals surface area contributed by atoms with Gasteiger partial charge in [0.2, 0.25) is 0 Å². The Bertz CT molecular complexity index is 546. The van der Waals surface area contributed by atoms with E-state index in [0.29, 0.717) is 15.8 Å². The molecule has 2 aromatic rings. The van der Waals surface area contributed by atoms with Gasteiger partial charge >= 0.3 is 0 Å². The molecule has 0 fully saturated rings. The van der Waals surface area contributed by atoms with Crippen LogP contribution < -0.4 is 0 Å². The van der Waals surface area contributed by atoms with E-state index in [4.69, 9.17) is 16.0 Å². The number of nitrogens with zero attached hydrogens (tertiary/aromatic N) is 1. The first-order chi connectivity index (χ1) is 8.10. The molecule has 17 heavy (non-hydrogen) atoms. The van der Waals surface area contributed by atoms with Crippen LogP contribution in [0.1, 0.15) is 21.8 Å². The molecule has 0 spiro atoms. The molecule has 0 aliphatic heterocycles. The Morgan fingerprint density at radius 1 is 1.41 bits per heavy atom. The number of hydrogen-bond acceptors (Lipinski definition) is 4. The van der Waals surface area contributed by atoms with E-state index in [1.165, 1.54) is 11.8 Å². The fraction of sp³-hybridized carbons (Fsp3) is 0.167. The first-order valence-electron chi connectivity index (χ1n) is 4.97.